The molecule has 0 saturated carbocycles. The molecule has 2 unspecified atom stereocenters. The molecule has 4 nitrogen and oxygen atoms in total. The van der Waals surface area contributed by atoms with Gasteiger partial charge in [0.15, 0.2) is 0 Å². The minimum atomic E-state index is 0.571. The van der Waals surface area contributed by atoms with Gasteiger partial charge < -0.3 is 10.6 Å². The van der Waals surface area contributed by atoms with Gasteiger partial charge in [-0.05, 0) is 48.3 Å². The standard InChI is InChI=1S/C11H15IN4/c12-10-5-13-6-14-11(10)16-9-3-7-1-2-8(4-9)15-7/h5-9,15H,1-4H2,(H,13,14,16). The average Bonchev–Trinajstić information content (AvgIpc) is 2.62. The zero-order chi connectivity index (χ0) is 11.0. The van der Waals surface area contributed by atoms with Crippen molar-refractivity contribution in [2.75, 3.05) is 5.32 Å². The van der Waals surface area contributed by atoms with E-state index in [1.54, 1.807) is 6.33 Å². The van der Waals surface area contributed by atoms with Crippen molar-refractivity contribution in [2.24, 2.45) is 0 Å². The molecule has 2 fully saturated rings. The van der Waals surface area contributed by atoms with Crippen molar-refractivity contribution >= 4 is 28.4 Å². The van der Waals surface area contributed by atoms with Gasteiger partial charge in [0, 0.05) is 24.3 Å². The van der Waals surface area contributed by atoms with Crippen LogP contribution in [0.15, 0.2) is 12.5 Å². The lowest BCUT2D eigenvalue weighted by Gasteiger charge is -2.30. The molecule has 0 radical (unpaired) electrons. The van der Waals surface area contributed by atoms with E-state index in [2.05, 4.69) is 43.2 Å². The van der Waals surface area contributed by atoms with Crippen LogP contribution in [0.25, 0.3) is 0 Å². The van der Waals surface area contributed by atoms with Gasteiger partial charge in [-0.3, -0.25) is 0 Å². The van der Waals surface area contributed by atoms with Crippen LogP contribution in [-0.2, 0) is 0 Å². The van der Waals surface area contributed by atoms with Gasteiger partial charge in [-0.25, -0.2) is 9.97 Å². The number of aromatic nitrogens is 2. The summed E-state index contributed by atoms with van der Waals surface area (Å²) in [7, 11) is 0. The molecular formula is C11H15IN4. The Kier molecular flexibility index (Phi) is 2.97. The highest BCUT2D eigenvalue weighted by Crippen LogP contribution is 2.29. The first kappa shape index (κ1) is 10.7. The van der Waals surface area contributed by atoms with E-state index in [-0.39, 0.29) is 0 Å². The predicted octanol–water partition coefficient (Wildman–Crippen LogP) is 1.78. The molecule has 0 amide bonds. The Morgan fingerprint density at radius 1 is 1.31 bits per heavy atom. The Morgan fingerprint density at radius 3 is 2.75 bits per heavy atom. The minimum Gasteiger partial charge on any atom is -0.366 e. The molecular weight excluding hydrogens is 315 g/mol. The van der Waals surface area contributed by atoms with Crippen molar-refractivity contribution in [2.45, 2.75) is 43.8 Å². The molecule has 5 heteroatoms. The molecule has 2 atom stereocenters. The largest absolute Gasteiger partial charge is 0.366 e. The summed E-state index contributed by atoms with van der Waals surface area (Å²) in [6, 6.07) is 2.01. The molecule has 3 heterocycles. The highest BCUT2D eigenvalue weighted by Gasteiger charge is 2.33. The Labute approximate surface area is 109 Å². The fourth-order valence-electron chi connectivity index (χ4n) is 2.79. The molecule has 3 rings (SSSR count). The first-order chi connectivity index (χ1) is 7.81. The maximum Gasteiger partial charge on any atom is 0.143 e. The van der Waals surface area contributed by atoms with Gasteiger partial charge in [-0.2, -0.15) is 0 Å². The molecule has 0 aliphatic carbocycles. The van der Waals surface area contributed by atoms with Crippen molar-refractivity contribution in [3.63, 3.8) is 0 Å². The van der Waals surface area contributed by atoms with Gasteiger partial charge in [0.05, 0.1) is 3.57 Å². The minimum absolute atomic E-state index is 0.571. The molecule has 86 valence electrons. The Hall–Kier alpha value is -0.430. The SMILES string of the molecule is Ic1cncnc1NC1CC2CCC(C1)N2. The van der Waals surface area contributed by atoms with E-state index in [1.165, 1.54) is 25.7 Å². The van der Waals surface area contributed by atoms with E-state index < -0.39 is 0 Å². The number of hydrogen-bond donors (Lipinski definition) is 2. The number of hydrogen-bond acceptors (Lipinski definition) is 4. The van der Waals surface area contributed by atoms with Crippen LogP contribution in [0, 0.1) is 3.57 Å². The van der Waals surface area contributed by atoms with Crippen molar-refractivity contribution < 1.29 is 0 Å². The maximum atomic E-state index is 4.29. The molecule has 1 aromatic rings. The number of halogens is 1. The maximum absolute atomic E-state index is 4.29. The lowest BCUT2D eigenvalue weighted by molar-refractivity contribution is 0.377. The molecule has 0 aromatic carbocycles. The molecule has 2 bridgehead atoms. The van der Waals surface area contributed by atoms with E-state index in [9.17, 15) is 0 Å². The van der Waals surface area contributed by atoms with Crippen LogP contribution < -0.4 is 10.6 Å². The van der Waals surface area contributed by atoms with Crippen molar-refractivity contribution in [3.05, 3.63) is 16.1 Å². The summed E-state index contributed by atoms with van der Waals surface area (Å²) in [6.45, 7) is 0. The summed E-state index contributed by atoms with van der Waals surface area (Å²) < 4.78 is 1.10. The summed E-state index contributed by atoms with van der Waals surface area (Å²) in [6.07, 6.45) is 8.58. The Morgan fingerprint density at radius 2 is 2.06 bits per heavy atom. The number of rotatable bonds is 2. The van der Waals surface area contributed by atoms with Gasteiger partial charge in [0.2, 0.25) is 0 Å². The van der Waals surface area contributed by atoms with Crippen LogP contribution >= 0.6 is 22.6 Å². The summed E-state index contributed by atoms with van der Waals surface area (Å²) in [4.78, 5) is 8.30. The van der Waals surface area contributed by atoms with E-state index in [1.807, 2.05) is 6.20 Å². The Bertz CT molecular complexity index is 372. The molecule has 2 aliphatic rings. The number of fused-ring (bicyclic) bond motifs is 2. The van der Waals surface area contributed by atoms with Crippen LogP contribution in [0.1, 0.15) is 25.7 Å². The number of nitrogens with one attached hydrogen (secondary N) is 2. The zero-order valence-corrected chi connectivity index (χ0v) is 11.1. The van der Waals surface area contributed by atoms with Crippen LogP contribution in [0.2, 0.25) is 0 Å². The quantitative estimate of drug-likeness (QED) is 0.812. The fraction of sp³-hybridized carbons (Fsp3) is 0.636. The zero-order valence-electron chi connectivity index (χ0n) is 8.99. The van der Waals surface area contributed by atoms with Gasteiger partial charge >= 0.3 is 0 Å². The van der Waals surface area contributed by atoms with Gasteiger partial charge in [-0.1, -0.05) is 0 Å². The molecule has 0 spiro atoms. The molecule has 2 saturated heterocycles. The second-order valence-corrected chi connectivity index (χ2v) is 5.83. The number of anilines is 1. The highest BCUT2D eigenvalue weighted by molar-refractivity contribution is 14.1. The van der Waals surface area contributed by atoms with Crippen LogP contribution in [-0.4, -0.2) is 28.1 Å². The fourth-order valence-corrected chi connectivity index (χ4v) is 3.24. The highest BCUT2D eigenvalue weighted by atomic mass is 127. The average molecular weight is 330 g/mol. The third-order valence-electron chi connectivity index (χ3n) is 3.48. The lowest BCUT2D eigenvalue weighted by Crippen LogP contribution is -2.43. The Balaban J connectivity index is 1.69. The summed E-state index contributed by atoms with van der Waals surface area (Å²) in [5, 5.41) is 7.20. The van der Waals surface area contributed by atoms with Crippen LogP contribution in [0.3, 0.4) is 0 Å². The molecule has 16 heavy (non-hydrogen) atoms. The van der Waals surface area contributed by atoms with Crippen molar-refractivity contribution in [1.29, 1.82) is 0 Å². The number of piperidine rings is 1. The summed E-state index contributed by atoms with van der Waals surface area (Å²) >= 11 is 2.28. The van der Waals surface area contributed by atoms with Crippen LogP contribution in [0.4, 0.5) is 5.82 Å². The molecule has 1 aromatic heterocycles. The summed E-state index contributed by atoms with van der Waals surface area (Å²) in [5.74, 6) is 0.988. The third-order valence-corrected chi connectivity index (χ3v) is 4.27. The number of nitrogens with zero attached hydrogens (tertiary/aromatic N) is 2. The first-order valence-corrected chi connectivity index (χ1v) is 6.87. The van der Waals surface area contributed by atoms with E-state index in [0.717, 1.165) is 21.5 Å². The normalized spacial score (nSPS) is 32.7. The van der Waals surface area contributed by atoms with Crippen molar-refractivity contribution in [1.82, 2.24) is 15.3 Å². The monoisotopic (exact) mass is 330 g/mol. The molecule has 2 N–H and O–H groups in total. The predicted molar refractivity (Wildman–Crippen MR) is 71.3 cm³/mol. The molecule has 2 aliphatic heterocycles. The van der Waals surface area contributed by atoms with Crippen LogP contribution in [0.5, 0.6) is 0 Å². The van der Waals surface area contributed by atoms with Gasteiger partial charge in [0.25, 0.3) is 0 Å². The van der Waals surface area contributed by atoms with Crippen molar-refractivity contribution in [3.8, 4) is 0 Å². The van der Waals surface area contributed by atoms with E-state index >= 15 is 0 Å². The second-order valence-electron chi connectivity index (χ2n) is 4.67. The lowest BCUT2D eigenvalue weighted by atomic mass is 10.00. The first-order valence-electron chi connectivity index (χ1n) is 5.79. The van der Waals surface area contributed by atoms with Gasteiger partial charge in [0.1, 0.15) is 12.1 Å². The van der Waals surface area contributed by atoms with E-state index in [4.69, 9.17) is 0 Å². The second kappa shape index (κ2) is 4.44. The van der Waals surface area contributed by atoms with E-state index in [0.29, 0.717) is 6.04 Å². The third kappa shape index (κ3) is 2.15. The topological polar surface area (TPSA) is 49.8 Å². The summed E-state index contributed by atoms with van der Waals surface area (Å²) in [5.41, 5.74) is 0. The van der Waals surface area contributed by atoms with Gasteiger partial charge in [-0.15, -0.1) is 0 Å². The smallest absolute Gasteiger partial charge is 0.143 e.